The van der Waals surface area contributed by atoms with E-state index in [9.17, 15) is 4.79 Å². The minimum absolute atomic E-state index is 0. The molecule has 0 bridgehead atoms. The van der Waals surface area contributed by atoms with Crippen molar-refractivity contribution in [1.29, 1.82) is 0 Å². The van der Waals surface area contributed by atoms with Crippen molar-refractivity contribution < 1.29 is 58.9 Å². The molecule has 0 fully saturated rings. The number of halogens is 1. The molecule has 4 nitrogen and oxygen atoms in total. The molecule has 0 aromatic rings. The summed E-state index contributed by atoms with van der Waals surface area (Å²) < 4.78 is 21.6. The Kier molecular flexibility index (Phi) is 31.2. The van der Waals surface area contributed by atoms with Gasteiger partial charge in [-0.05, 0) is 6.42 Å². The Balaban J connectivity index is -0.00000242. The molecule has 0 aliphatic heterocycles. The minimum atomic E-state index is -3.17. The van der Waals surface area contributed by atoms with Gasteiger partial charge in [-0.1, -0.05) is 96.8 Å². The molecule has 0 rings (SSSR count). The van der Waals surface area contributed by atoms with Gasteiger partial charge >= 0.3 is 44.7 Å². The van der Waals surface area contributed by atoms with Crippen LogP contribution in [0.5, 0.6) is 0 Å². The van der Waals surface area contributed by atoms with Crippen LogP contribution in [0.1, 0.15) is 110 Å². The molecule has 0 saturated heterocycles. The van der Waals surface area contributed by atoms with Crippen molar-refractivity contribution in [2.24, 2.45) is 0 Å². The van der Waals surface area contributed by atoms with Crippen LogP contribution in [0.15, 0.2) is 0 Å². The van der Waals surface area contributed by atoms with Crippen LogP contribution >= 0.6 is 0 Å². The molecule has 0 aliphatic rings. The minimum Gasteiger partial charge on any atom is -1.00 e. The Morgan fingerprint density at radius 3 is 1.36 bits per heavy atom. The summed E-state index contributed by atoms with van der Waals surface area (Å²) in [6.45, 7) is 2.26. The Morgan fingerprint density at radius 1 is 0.720 bits per heavy atom. The van der Waals surface area contributed by atoms with Gasteiger partial charge in [-0.25, -0.2) is 0 Å². The van der Waals surface area contributed by atoms with Crippen LogP contribution < -0.4 is 42.0 Å². The number of rotatable bonds is 17. The van der Waals surface area contributed by atoms with E-state index in [2.05, 4.69) is 10.7 Å². The third-order valence-electron chi connectivity index (χ3n) is 4.22. The first-order valence-corrected chi connectivity index (χ1v) is 11.2. The van der Waals surface area contributed by atoms with Gasteiger partial charge in [0.25, 0.3) is 5.97 Å². The quantitative estimate of drug-likeness (QED) is 0.236. The SMILES string of the molecule is CCCCCCCCCCCCCCCCCC(=O)[O][Al]([OH])[OH].[Cl-].[Na+]. The average Bonchev–Trinajstić information content (AvgIpc) is 2.50. The van der Waals surface area contributed by atoms with Gasteiger partial charge < -0.3 is 24.5 Å². The zero-order valence-electron chi connectivity index (χ0n) is 16.5. The summed E-state index contributed by atoms with van der Waals surface area (Å²) in [5.74, 6) is -0.471. The first-order valence-electron chi connectivity index (χ1n) is 9.72. The Morgan fingerprint density at radius 2 is 1.04 bits per heavy atom. The molecule has 0 aromatic carbocycles. The second kappa shape index (κ2) is 25.2. The molecule has 0 saturated carbocycles. The summed E-state index contributed by atoms with van der Waals surface area (Å²) in [5.41, 5.74) is 0. The largest absolute Gasteiger partial charge is 1.00 e. The predicted octanol–water partition coefficient (Wildman–Crippen LogP) is -1.23. The third-order valence-corrected chi connectivity index (χ3v) is 4.70. The van der Waals surface area contributed by atoms with Crippen LogP contribution in [0.4, 0.5) is 0 Å². The predicted molar refractivity (Wildman–Crippen MR) is 95.8 cm³/mol. The Bertz CT molecular complexity index is 271. The summed E-state index contributed by atoms with van der Waals surface area (Å²) >= 11 is -3.17. The van der Waals surface area contributed by atoms with E-state index in [1.54, 1.807) is 0 Å². The molecule has 0 unspecified atom stereocenters. The summed E-state index contributed by atoms with van der Waals surface area (Å²) in [4.78, 5) is 11.1. The van der Waals surface area contributed by atoms with Gasteiger partial charge in [0.1, 0.15) is 0 Å². The molecule has 144 valence electrons. The van der Waals surface area contributed by atoms with E-state index in [0.717, 1.165) is 19.3 Å². The maximum absolute atomic E-state index is 11.1. The molecule has 7 heteroatoms. The van der Waals surface area contributed by atoms with Crippen molar-refractivity contribution in [2.45, 2.75) is 110 Å². The van der Waals surface area contributed by atoms with Gasteiger partial charge in [0, 0.05) is 6.42 Å². The van der Waals surface area contributed by atoms with Gasteiger partial charge in [0.2, 0.25) is 0 Å². The normalized spacial score (nSPS) is 9.88. The fourth-order valence-corrected chi connectivity index (χ4v) is 3.17. The zero-order chi connectivity index (χ0) is 17.2. The third kappa shape index (κ3) is 27.5. The maximum atomic E-state index is 11.1. The molecule has 2 N–H and O–H groups in total. The molecule has 0 atom stereocenters. The van der Waals surface area contributed by atoms with Crippen molar-refractivity contribution in [2.75, 3.05) is 0 Å². The van der Waals surface area contributed by atoms with Crippen molar-refractivity contribution in [3.05, 3.63) is 0 Å². The Labute approximate surface area is 188 Å². The zero-order valence-corrected chi connectivity index (χ0v) is 20.4. The van der Waals surface area contributed by atoms with Gasteiger partial charge in [0.05, 0.1) is 0 Å². The summed E-state index contributed by atoms with van der Waals surface area (Å²) in [6, 6.07) is 0. The van der Waals surface area contributed by atoms with E-state index in [1.165, 1.54) is 77.0 Å². The maximum Gasteiger partial charge on any atom is 1.00 e. The standard InChI is InChI=1S/C18H36O2.Al.ClH.Na.2H2O/c1-2-3-4-5-6-7-8-9-10-11-12-13-14-15-16-17-18(19)20;;;;;/h2-17H2,1H3,(H,19,20);;1H;;2*1H2/q;+3;;+1;;/p-4. The van der Waals surface area contributed by atoms with Crippen molar-refractivity contribution >= 4 is 21.1 Å². The van der Waals surface area contributed by atoms with Crippen LogP contribution in [0.25, 0.3) is 0 Å². The van der Waals surface area contributed by atoms with Gasteiger partial charge in [-0.3, -0.25) is 4.79 Å². The molecule has 0 amide bonds. The number of unbranched alkanes of at least 4 members (excludes halogenated alkanes) is 14. The van der Waals surface area contributed by atoms with Crippen molar-refractivity contribution in [3.8, 4) is 0 Å². The van der Waals surface area contributed by atoms with E-state index in [0.29, 0.717) is 6.42 Å². The topological polar surface area (TPSA) is 66.8 Å². The first kappa shape index (κ1) is 30.9. The molecule has 0 aliphatic carbocycles. The van der Waals surface area contributed by atoms with Crippen molar-refractivity contribution in [3.63, 3.8) is 0 Å². The van der Waals surface area contributed by atoms with Gasteiger partial charge in [-0.15, -0.1) is 0 Å². The summed E-state index contributed by atoms with van der Waals surface area (Å²) in [5, 5.41) is 0. The molecule has 25 heavy (non-hydrogen) atoms. The van der Waals surface area contributed by atoms with Gasteiger partial charge in [-0.2, -0.15) is 0 Å². The molecule has 0 radical (unpaired) electrons. The van der Waals surface area contributed by atoms with E-state index >= 15 is 0 Å². The van der Waals surface area contributed by atoms with Crippen LogP contribution in [-0.2, 0) is 8.58 Å². The second-order valence-corrected chi connectivity index (χ2v) is 7.40. The van der Waals surface area contributed by atoms with Crippen LogP contribution in [0, 0.1) is 0 Å². The van der Waals surface area contributed by atoms with E-state index < -0.39 is 21.1 Å². The fraction of sp³-hybridized carbons (Fsp3) is 0.944. The molecular formula is C18H37AlClNaO4. The number of hydrogen-bond acceptors (Lipinski definition) is 4. The smallest absolute Gasteiger partial charge is 1.00 e. The fourth-order valence-electron chi connectivity index (χ4n) is 2.82. The first-order chi connectivity index (χ1) is 11.2. The average molecular weight is 403 g/mol. The summed E-state index contributed by atoms with van der Waals surface area (Å²) in [6.07, 6.45) is 19.7. The molecule has 0 spiro atoms. The van der Waals surface area contributed by atoms with E-state index in [-0.39, 0.29) is 42.0 Å². The Hall–Kier alpha value is 1.21. The number of carbonyl (C=O) groups is 1. The number of hydrogen-bond donors (Lipinski definition) is 2. The van der Waals surface area contributed by atoms with Crippen LogP contribution in [-0.4, -0.2) is 29.4 Å². The number of carbonyl (C=O) groups excluding carboxylic acids is 1. The summed E-state index contributed by atoms with van der Waals surface area (Å²) in [7, 11) is 0. The van der Waals surface area contributed by atoms with Crippen molar-refractivity contribution in [1.82, 2.24) is 0 Å². The second-order valence-electron chi connectivity index (χ2n) is 6.52. The molecular weight excluding hydrogens is 366 g/mol. The van der Waals surface area contributed by atoms with Crippen LogP contribution in [0.2, 0.25) is 0 Å². The van der Waals surface area contributed by atoms with Gasteiger partial charge in [0.15, 0.2) is 0 Å². The van der Waals surface area contributed by atoms with Crippen LogP contribution in [0.3, 0.4) is 0 Å². The molecule has 0 heterocycles. The van der Waals surface area contributed by atoms with E-state index in [4.69, 9.17) is 8.32 Å². The monoisotopic (exact) mass is 402 g/mol. The van der Waals surface area contributed by atoms with E-state index in [1.807, 2.05) is 0 Å². The molecule has 0 aromatic heterocycles.